The standard InChI is InChI=1S/C19H13N3O/c20-13-17(14-21)12-16-6-9-18(10-7-16)22-19(23)11-8-15-4-2-1-3-5-15/h1-12H,(H,22,23)/b11-8+. The van der Waals surface area contributed by atoms with E-state index in [9.17, 15) is 4.79 Å². The molecule has 2 aromatic rings. The van der Waals surface area contributed by atoms with Gasteiger partial charge in [-0.3, -0.25) is 4.79 Å². The van der Waals surface area contributed by atoms with E-state index in [0.29, 0.717) is 5.69 Å². The Hall–Kier alpha value is -3.63. The van der Waals surface area contributed by atoms with Gasteiger partial charge in [0.15, 0.2) is 0 Å². The predicted molar refractivity (Wildman–Crippen MR) is 89.8 cm³/mol. The molecular weight excluding hydrogens is 286 g/mol. The first-order valence-corrected chi connectivity index (χ1v) is 6.87. The Bertz CT molecular complexity index is 804. The summed E-state index contributed by atoms with van der Waals surface area (Å²) in [6.07, 6.45) is 4.69. The molecule has 0 unspecified atom stereocenters. The number of allylic oxidation sites excluding steroid dienone is 1. The summed E-state index contributed by atoms with van der Waals surface area (Å²) < 4.78 is 0. The molecule has 0 saturated carbocycles. The van der Waals surface area contributed by atoms with Crippen LogP contribution in [0.5, 0.6) is 0 Å². The number of anilines is 1. The summed E-state index contributed by atoms with van der Waals surface area (Å²) in [5.41, 5.74) is 2.34. The van der Waals surface area contributed by atoms with Crippen molar-refractivity contribution in [3.63, 3.8) is 0 Å². The number of benzene rings is 2. The summed E-state index contributed by atoms with van der Waals surface area (Å²) in [7, 11) is 0. The molecule has 4 nitrogen and oxygen atoms in total. The van der Waals surface area contributed by atoms with E-state index in [4.69, 9.17) is 10.5 Å². The fourth-order valence-electron chi connectivity index (χ4n) is 1.84. The van der Waals surface area contributed by atoms with Gasteiger partial charge < -0.3 is 5.32 Å². The second kappa shape index (κ2) is 7.97. The Labute approximate surface area is 134 Å². The summed E-state index contributed by atoms with van der Waals surface area (Å²) in [4.78, 5) is 11.8. The Morgan fingerprint density at radius 1 is 0.913 bits per heavy atom. The fourth-order valence-corrected chi connectivity index (χ4v) is 1.84. The number of nitrogens with zero attached hydrogens (tertiary/aromatic N) is 2. The van der Waals surface area contributed by atoms with Crippen LogP contribution in [0.4, 0.5) is 5.69 Å². The highest BCUT2D eigenvalue weighted by molar-refractivity contribution is 6.01. The fraction of sp³-hybridized carbons (Fsp3) is 0. The van der Waals surface area contributed by atoms with Crippen molar-refractivity contribution in [2.75, 3.05) is 5.32 Å². The number of rotatable bonds is 4. The molecule has 2 aromatic carbocycles. The normalized spacial score (nSPS) is 9.65. The monoisotopic (exact) mass is 299 g/mol. The van der Waals surface area contributed by atoms with Gasteiger partial charge in [-0.1, -0.05) is 42.5 Å². The van der Waals surface area contributed by atoms with Crippen LogP contribution in [-0.2, 0) is 4.79 Å². The van der Waals surface area contributed by atoms with Gasteiger partial charge in [-0.15, -0.1) is 0 Å². The van der Waals surface area contributed by atoms with Crippen LogP contribution >= 0.6 is 0 Å². The summed E-state index contributed by atoms with van der Waals surface area (Å²) in [6, 6.07) is 20.0. The highest BCUT2D eigenvalue weighted by Gasteiger charge is 1.99. The first-order valence-electron chi connectivity index (χ1n) is 6.87. The highest BCUT2D eigenvalue weighted by Crippen LogP contribution is 2.12. The molecule has 1 N–H and O–H groups in total. The van der Waals surface area contributed by atoms with Gasteiger partial charge in [0.1, 0.15) is 17.7 Å². The molecule has 0 aliphatic carbocycles. The molecule has 0 radical (unpaired) electrons. The molecule has 0 aliphatic rings. The zero-order chi connectivity index (χ0) is 16.5. The van der Waals surface area contributed by atoms with Crippen LogP contribution in [0, 0.1) is 22.7 Å². The number of amides is 1. The van der Waals surface area contributed by atoms with Crippen LogP contribution in [0.15, 0.2) is 66.2 Å². The maximum atomic E-state index is 11.8. The molecule has 0 spiro atoms. The van der Waals surface area contributed by atoms with Crippen LogP contribution in [-0.4, -0.2) is 5.91 Å². The molecular formula is C19H13N3O. The SMILES string of the molecule is N#CC(C#N)=Cc1ccc(NC(=O)/C=C/c2ccccc2)cc1. The van der Waals surface area contributed by atoms with Gasteiger partial charge >= 0.3 is 0 Å². The van der Waals surface area contributed by atoms with Crippen molar-refractivity contribution in [3.05, 3.63) is 77.4 Å². The molecule has 0 atom stereocenters. The third-order valence-corrected chi connectivity index (χ3v) is 2.96. The van der Waals surface area contributed by atoms with E-state index in [1.54, 1.807) is 42.5 Å². The van der Waals surface area contributed by atoms with Gasteiger partial charge in [0.05, 0.1) is 0 Å². The molecule has 0 aliphatic heterocycles. The lowest BCUT2D eigenvalue weighted by Gasteiger charge is -2.02. The van der Waals surface area contributed by atoms with Gasteiger partial charge in [0.25, 0.3) is 0 Å². The predicted octanol–water partition coefficient (Wildman–Crippen LogP) is 3.77. The van der Waals surface area contributed by atoms with E-state index in [0.717, 1.165) is 11.1 Å². The average molecular weight is 299 g/mol. The Morgan fingerprint density at radius 2 is 1.57 bits per heavy atom. The third-order valence-electron chi connectivity index (χ3n) is 2.96. The minimum atomic E-state index is -0.230. The number of nitriles is 2. The second-order valence-electron chi connectivity index (χ2n) is 4.64. The van der Waals surface area contributed by atoms with Crippen molar-refractivity contribution < 1.29 is 4.79 Å². The van der Waals surface area contributed by atoms with Crippen molar-refractivity contribution in [3.8, 4) is 12.1 Å². The lowest BCUT2D eigenvalue weighted by Crippen LogP contribution is -2.07. The van der Waals surface area contributed by atoms with Crippen LogP contribution in [0.2, 0.25) is 0 Å². The van der Waals surface area contributed by atoms with Gasteiger partial charge in [-0.05, 0) is 35.4 Å². The number of hydrogen-bond donors (Lipinski definition) is 1. The van der Waals surface area contributed by atoms with Crippen LogP contribution in [0.1, 0.15) is 11.1 Å². The van der Waals surface area contributed by atoms with Crippen LogP contribution in [0.25, 0.3) is 12.2 Å². The second-order valence-corrected chi connectivity index (χ2v) is 4.64. The molecule has 0 heterocycles. The summed E-state index contributed by atoms with van der Waals surface area (Å²) >= 11 is 0. The van der Waals surface area contributed by atoms with Crippen molar-refractivity contribution in [1.29, 1.82) is 10.5 Å². The van der Waals surface area contributed by atoms with Gasteiger partial charge in [0.2, 0.25) is 5.91 Å². The smallest absolute Gasteiger partial charge is 0.248 e. The number of hydrogen-bond acceptors (Lipinski definition) is 3. The van der Waals surface area contributed by atoms with E-state index in [-0.39, 0.29) is 11.5 Å². The summed E-state index contributed by atoms with van der Waals surface area (Å²) in [5.74, 6) is -0.230. The Balaban J connectivity index is 2.00. The number of carbonyl (C=O) groups is 1. The van der Waals surface area contributed by atoms with Crippen molar-refractivity contribution >= 4 is 23.7 Å². The molecule has 2 rings (SSSR count). The Kier molecular flexibility index (Phi) is 5.46. The lowest BCUT2D eigenvalue weighted by molar-refractivity contribution is -0.111. The Morgan fingerprint density at radius 3 is 2.17 bits per heavy atom. The maximum absolute atomic E-state index is 11.8. The van der Waals surface area contributed by atoms with Gasteiger partial charge in [-0.2, -0.15) is 10.5 Å². The van der Waals surface area contributed by atoms with E-state index >= 15 is 0 Å². The topological polar surface area (TPSA) is 76.7 Å². The minimum Gasteiger partial charge on any atom is -0.323 e. The molecule has 1 amide bonds. The first-order chi connectivity index (χ1) is 11.2. The minimum absolute atomic E-state index is 0.0348. The summed E-state index contributed by atoms with van der Waals surface area (Å²) in [6.45, 7) is 0. The summed E-state index contributed by atoms with van der Waals surface area (Å²) in [5, 5.41) is 20.2. The third kappa shape index (κ3) is 5.00. The number of nitrogens with one attached hydrogen (secondary N) is 1. The van der Waals surface area contributed by atoms with Gasteiger partial charge in [-0.25, -0.2) is 0 Å². The van der Waals surface area contributed by atoms with E-state index in [2.05, 4.69) is 5.32 Å². The van der Waals surface area contributed by atoms with E-state index in [1.165, 1.54) is 12.2 Å². The molecule has 0 fully saturated rings. The first kappa shape index (κ1) is 15.8. The van der Waals surface area contributed by atoms with Crippen molar-refractivity contribution in [2.24, 2.45) is 0 Å². The van der Waals surface area contributed by atoms with E-state index < -0.39 is 0 Å². The lowest BCUT2D eigenvalue weighted by atomic mass is 10.1. The molecule has 4 heteroatoms. The largest absolute Gasteiger partial charge is 0.323 e. The van der Waals surface area contributed by atoms with Crippen molar-refractivity contribution in [2.45, 2.75) is 0 Å². The van der Waals surface area contributed by atoms with E-state index in [1.807, 2.05) is 30.3 Å². The molecule has 0 bridgehead atoms. The van der Waals surface area contributed by atoms with Crippen molar-refractivity contribution in [1.82, 2.24) is 0 Å². The molecule has 0 saturated heterocycles. The quantitative estimate of drug-likeness (QED) is 0.689. The van der Waals surface area contributed by atoms with Crippen LogP contribution in [0.3, 0.4) is 0 Å². The highest BCUT2D eigenvalue weighted by atomic mass is 16.1. The molecule has 110 valence electrons. The average Bonchev–Trinajstić information content (AvgIpc) is 2.60. The zero-order valence-corrected chi connectivity index (χ0v) is 12.2. The number of carbonyl (C=O) groups excluding carboxylic acids is 1. The molecule has 23 heavy (non-hydrogen) atoms. The van der Waals surface area contributed by atoms with Crippen LogP contribution < -0.4 is 5.32 Å². The molecule has 0 aromatic heterocycles. The maximum Gasteiger partial charge on any atom is 0.248 e. The zero-order valence-electron chi connectivity index (χ0n) is 12.2. The van der Waals surface area contributed by atoms with Gasteiger partial charge in [0, 0.05) is 11.8 Å².